The van der Waals surface area contributed by atoms with Crippen LogP contribution in [-0.2, 0) is 10.0 Å². The number of aliphatic hydroxyl groups excluding tert-OH is 1. The zero-order valence-electron chi connectivity index (χ0n) is 20.3. The number of nitrogens with zero attached hydrogens (tertiary/aromatic N) is 2. The third-order valence-corrected chi connectivity index (χ3v) is 7.53. The molecular weight excluding hydrogens is 472 g/mol. The number of rotatable bonds is 8. The van der Waals surface area contributed by atoms with Gasteiger partial charge in [0.1, 0.15) is 0 Å². The zero-order valence-corrected chi connectivity index (χ0v) is 21.1. The minimum absolute atomic E-state index is 0.00296. The molecule has 0 unspecified atom stereocenters. The van der Waals surface area contributed by atoms with Crippen LogP contribution in [0.25, 0.3) is 10.9 Å². The van der Waals surface area contributed by atoms with Crippen LogP contribution in [-0.4, -0.2) is 72.7 Å². The Morgan fingerprint density at radius 1 is 1.20 bits per heavy atom. The highest BCUT2D eigenvalue weighted by Gasteiger charge is 2.41. The maximum absolute atomic E-state index is 13.0. The summed E-state index contributed by atoms with van der Waals surface area (Å²) in [6.45, 7) is 4.17. The highest BCUT2D eigenvalue weighted by molar-refractivity contribution is 7.88. The Hall–Kier alpha value is -2.47. The molecule has 2 saturated heterocycles. The number of carbonyl (C=O) groups excluding carboxylic acids is 1. The molecule has 2 aliphatic heterocycles. The molecular formula is C24H34N4O6S. The molecule has 0 spiro atoms. The highest BCUT2D eigenvalue weighted by Crippen LogP contribution is 2.35. The molecule has 2 aromatic rings. The Balaban J connectivity index is 1.38. The largest absolute Gasteiger partial charge is 0.413 e. The number of carbonyl (C=O) groups is 1. The van der Waals surface area contributed by atoms with Crippen molar-refractivity contribution >= 4 is 27.0 Å². The van der Waals surface area contributed by atoms with Crippen molar-refractivity contribution in [2.24, 2.45) is 0 Å². The summed E-state index contributed by atoms with van der Waals surface area (Å²) in [4.78, 5) is 27.9. The predicted octanol–water partition coefficient (Wildman–Crippen LogP) is 1.58. The smallest absolute Gasteiger partial charge is 0.404 e. The van der Waals surface area contributed by atoms with Crippen molar-refractivity contribution in [1.82, 2.24) is 19.5 Å². The number of para-hydroxylation sites is 1. The van der Waals surface area contributed by atoms with Crippen molar-refractivity contribution in [2.75, 3.05) is 19.3 Å². The Bertz CT molecular complexity index is 1230. The van der Waals surface area contributed by atoms with Crippen molar-refractivity contribution in [3.63, 3.8) is 0 Å². The van der Waals surface area contributed by atoms with Crippen LogP contribution in [0.15, 0.2) is 35.1 Å². The molecule has 2 aliphatic rings. The second kappa shape index (κ2) is 10.3. The Labute approximate surface area is 205 Å². The summed E-state index contributed by atoms with van der Waals surface area (Å²) >= 11 is 0. The number of sulfonamides is 1. The molecule has 10 nitrogen and oxygen atoms in total. The van der Waals surface area contributed by atoms with E-state index in [0.717, 1.165) is 30.0 Å². The van der Waals surface area contributed by atoms with Crippen LogP contribution in [0.1, 0.15) is 45.6 Å². The number of piperidine rings is 1. The van der Waals surface area contributed by atoms with Crippen molar-refractivity contribution in [2.45, 2.75) is 69.8 Å². The van der Waals surface area contributed by atoms with Gasteiger partial charge in [0.05, 0.1) is 17.9 Å². The van der Waals surface area contributed by atoms with Crippen LogP contribution in [0, 0.1) is 0 Å². The van der Waals surface area contributed by atoms with Gasteiger partial charge in [-0.05, 0) is 51.7 Å². The maximum atomic E-state index is 13.0. The maximum Gasteiger partial charge on any atom is 0.413 e. The van der Waals surface area contributed by atoms with Gasteiger partial charge in [0.15, 0.2) is 5.75 Å². The van der Waals surface area contributed by atoms with Gasteiger partial charge in [-0.1, -0.05) is 18.2 Å². The first-order chi connectivity index (χ1) is 16.5. The Morgan fingerprint density at radius 2 is 1.86 bits per heavy atom. The van der Waals surface area contributed by atoms with Gasteiger partial charge in [0.2, 0.25) is 10.0 Å². The summed E-state index contributed by atoms with van der Waals surface area (Å²) in [6.07, 6.45) is 2.91. The second-order valence-electron chi connectivity index (χ2n) is 9.89. The number of aliphatic hydroxyl groups is 1. The minimum Gasteiger partial charge on any atom is -0.404 e. The molecule has 1 amide bonds. The van der Waals surface area contributed by atoms with E-state index < -0.39 is 22.2 Å². The highest BCUT2D eigenvalue weighted by atomic mass is 32.2. The third kappa shape index (κ3) is 6.03. The molecule has 11 heteroatoms. The number of fused-ring (bicyclic) bond motifs is 3. The van der Waals surface area contributed by atoms with Gasteiger partial charge < -0.3 is 19.7 Å². The van der Waals surface area contributed by atoms with Crippen molar-refractivity contribution in [3.05, 3.63) is 40.7 Å². The normalized spacial score (nSPS) is 23.5. The fourth-order valence-corrected chi connectivity index (χ4v) is 5.88. The lowest BCUT2D eigenvalue weighted by Gasteiger charge is -2.39. The SMILES string of the molecule is CC(C)n1c(=O)c(OC(=O)N[C@@H]2C[C@H]3CC[C@@H](C2)N3C[C@@H](O)CNS(C)(=O)=O)cc2ccccc21. The van der Waals surface area contributed by atoms with Gasteiger partial charge in [-0.15, -0.1) is 0 Å². The predicted molar refractivity (Wildman–Crippen MR) is 133 cm³/mol. The van der Waals surface area contributed by atoms with Crippen LogP contribution >= 0.6 is 0 Å². The first kappa shape index (κ1) is 25.6. The van der Waals surface area contributed by atoms with E-state index in [4.69, 9.17) is 4.74 Å². The molecule has 4 atom stereocenters. The molecule has 0 aliphatic carbocycles. The lowest BCUT2D eigenvalue weighted by Crippen LogP contribution is -2.53. The van der Waals surface area contributed by atoms with Gasteiger partial charge in [-0.25, -0.2) is 17.9 Å². The van der Waals surface area contributed by atoms with Crippen LogP contribution in [0.4, 0.5) is 4.79 Å². The van der Waals surface area contributed by atoms with Crippen molar-refractivity contribution < 1.29 is 23.1 Å². The lowest BCUT2D eigenvalue weighted by atomic mass is 9.97. The number of benzene rings is 1. The quantitative estimate of drug-likeness (QED) is 0.496. The topological polar surface area (TPSA) is 130 Å². The van der Waals surface area contributed by atoms with E-state index in [1.165, 1.54) is 0 Å². The van der Waals surface area contributed by atoms with E-state index in [0.29, 0.717) is 19.4 Å². The summed E-state index contributed by atoms with van der Waals surface area (Å²) in [5.74, 6) is -0.00296. The number of amides is 1. The fourth-order valence-electron chi connectivity index (χ4n) is 5.39. The molecule has 2 fully saturated rings. The second-order valence-corrected chi connectivity index (χ2v) is 11.7. The first-order valence-corrected chi connectivity index (χ1v) is 13.9. The van der Waals surface area contributed by atoms with Gasteiger partial charge in [0.25, 0.3) is 5.56 Å². The molecule has 35 heavy (non-hydrogen) atoms. The molecule has 3 heterocycles. The molecule has 3 N–H and O–H groups in total. The number of nitrogens with one attached hydrogen (secondary N) is 2. The summed E-state index contributed by atoms with van der Waals surface area (Å²) in [7, 11) is -3.36. The summed E-state index contributed by atoms with van der Waals surface area (Å²) < 4.78 is 32.0. The number of pyridine rings is 1. The fraction of sp³-hybridized carbons (Fsp3) is 0.583. The van der Waals surface area contributed by atoms with E-state index in [-0.39, 0.29) is 42.0 Å². The van der Waals surface area contributed by atoms with E-state index in [1.54, 1.807) is 10.6 Å². The molecule has 2 bridgehead atoms. The molecule has 4 rings (SSSR count). The molecule has 1 aromatic carbocycles. The van der Waals surface area contributed by atoms with Gasteiger partial charge in [-0.3, -0.25) is 9.69 Å². The number of hydrogen-bond acceptors (Lipinski definition) is 7. The molecule has 0 radical (unpaired) electrons. The average Bonchev–Trinajstić information content (AvgIpc) is 2.99. The summed E-state index contributed by atoms with van der Waals surface area (Å²) in [6, 6.07) is 9.28. The van der Waals surface area contributed by atoms with E-state index in [2.05, 4.69) is 14.9 Å². The Kier molecular flexibility index (Phi) is 7.51. The van der Waals surface area contributed by atoms with Crippen LogP contribution in [0.3, 0.4) is 0 Å². The molecule has 1 aromatic heterocycles. The average molecular weight is 507 g/mol. The van der Waals surface area contributed by atoms with Gasteiger partial charge in [-0.2, -0.15) is 0 Å². The Morgan fingerprint density at radius 3 is 2.49 bits per heavy atom. The standard InChI is InChI=1S/C24H34N4O6S/c1-15(2)28-21-7-5-4-6-16(21)10-22(23(28)30)34-24(31)26-17-11-18-8-9-19(12-17)27(18)14-20(29)13-25-35(3,32)33/h4-7,10,15,17-20,25,29H,8-9,11-14H2,1-3H3,(H,26,31)/t17-,18-,19+,20-/m0/s1. The van der Waals surface area contributed by atoms with Crippen molar-refractivity contribution in [3.8, 4) is 5.75 Å². The number of ether oxygens (including phenoxy) is 1. The van der Waals surface area contributed by atoms with Gasteiger partial charge in [0, 0.05) is 42.6 Å². The van der Waals surface area contributed by atoms with Crippen LogP contribution in [0.5, 0.6) is 5.75 Å². The van der Waals surface area contributed by atoms with E-state index in [9.17, 15) is 23.1 Å². The van der Waals surface area contributed by atoms with Crippen molar-refractivity contribution in [1.29, 1.82) is 0 Å². The summed E-state index contributed by atoms with van der Waals surface area (Å²) in [5, 5.41) is 14.0. The number of aromatic nitrogens is 1. The van der Waals surface area contributed by atoms with E-state index in [1.807, 2.05) is 38.1 Å². The molecule has 192 valence electrons. The summed E-state index contributed by atoms with van der Waals surface area (Å²) in [5.41, 5.74) is 0.443. The number of hydrogen-bond donors (Lipinski definition) is 3. The lowest BCUT2D eigenvalue weighted by molar-refractivity contribution is 0.0546. The third-order valence-electron chi connectivity index (χ3n) is 6.84. The van der Waals surface area contributed by atoms with E-state index >= 15 is 0 Å². The monoisotopic (exact) mass is 506 g/mol. The van der Waals surface area contributed by atoms with Gasteiger partial charge >= 0.3 is 6.09 Å². The van der Waals surface area contributed by atoms with Crippen LogP contribution < -0.4 is 20.3 Å². The molecule has 0 saturated carbocycles. The minimum atomic E-state index is -3.36. The van der Waals surface area contributed by atoms with Crippen LogP contribution in [0.2, 0.25) is 0 Å². The first-order valence-electron chi connectivity index (χ1n) is 12.0. The zero-order chi connectivity index (χ0) is 25.3.